The second kappa shape index (κ2) is 6.98. The van der Waals surface area contributed by atoms with Crippen molar-refractivity contribution in [1.29, 1.82) is 0 Å². The third-order valence-electron chi connectivity index (χ3n) is 3.69. The molecule has 1 N–H and O–H groups in total. The van der Waals surface area contributed by atoms with Gasteiger partial charge in [0.1, 0.15) is 12.4 Å². The lowest BCUT2D eigenvalue weighted by atomic mass is 10.1. The molecule has 0 spiro atoms. The number of rotatable bonds is 6. The quantitative estimate of drug-likeness (QED) is 0.839. The molecule has 0 unspecified atom stereocenters. The van der Waals surface area contributed by atoms with Gasteiger partial charge in [-0.15, -0.1) is 0 Å². The lowest BCUT2D eigenvalue weighted by Gasteiger charge is -2.26. The fraction of sp³-hybridized carbons (Fsp3) is 0.600. The fourth-order valence-electron chi connectivity index (χ4n) is 2.54. The van der Waals surface area contributed by atoms with Crippen LogP contribution < -0.4 is 19.5 Å². The van der Waals surface area contributed by atoms with Crippen molar-refractivity contribution in [1.82, 2.24) is 10.2 Å². The van der Waals surface area contributed by atoms with Crippen LogP contribution in [-0.4, -0.2) is 58.2 Å². The first-order valence-corrected chi connectivity index (χ1v) is 7.37. The highest BCUT2D eigenvalue weighted by Gasteiger charge is 2.18. The maximum atomic E-state index is 5.96. The number of fused-ring (bicyclic) bond motifs is 1. The van der Waals surface area contributed by atoms with Crippen LogP contribution in [0.2, 0.25) is 0 Å². The Morgan fingerprint density at radius 1 is 1.19 bits per heavy atom. The Kier molecular flexibility index (Phi) is 4.80. The van der Waals surface area contributed by atoms with Gasteiger partial charge in [-0.1, -0.05) is 0 Å². The Morgan fingerprint density at radius 3 is 2.71 bits per heavy atom. The smallest absolute Gasteiger partial charge is 0.231 e. The molecule has 0 radical (unpaired) electrons. The van der Waals surface area contributed by atoms with Crippen LogP contribution in [0.1, 0.15) is 5.56 Å². The van der Waals surface area contributed by atoms with E-state index in [1.807, 2.05) is 19.2 Å². The van der Waals surface area contributed by atoms with E-state index >= 15 is 0 Å². The highest BCUT2D eigenvalue weighted by molar-refractivity contribution is 5.51. The number of ether oxygens (including phenoxy) is 4. The Hall–Kier alpha value is -1.50. The fourth-order valence-corrected chi connectivity index (χ4v) is 2.54. The molecule has 0 saturated carbocycles. The van der Waals surface area contributed by atoms with Crippen LogP contribution in [-0.2, 0) is 11.3 Å². The van der Waals surface area contributed by atoms with Crippen molar-refractivity contribution < 1.29 is 18.9 Å². The molecule has 1 fully saturated rings. The summed E-state index contributed by atoms with van der Waals surface area (Å²) >= 11 is 0. The van der Waals surface area contributed by atoms with Crippen molar-refractivity contribution in [3.05, 3.63) is 17.7 Å². The van der Waals surface area contributed by atoms with Crippen LogP contribution in [0.3, 0.4) is 0 Å². The van der Waals surface area contributed by atoms with E-state index in [0.717, 1.165) is 62.2 Å². The summed E-state index contributed by atoms with van der Waals surface area (Å²) in [5.74, 6) is 2.42. The highest BCUT2D eigenvalue weighted by Crippen LogP contribution is 2.38. The van der Waals surface area contributed by atoms with Gasteiger partial charge in [-0.05, 0) is 13.1 Å². The number of nitrogens with one attached hydrogen (secondary N) is 1. The van der Waals surface area contributed by atoms with Crippen molar-refractivity contribution in [3.8, 4) is 17.2 Å². The van der Waals surface area contributed by atoms with E-state index in [2.05, 4.69) is 10.2 Å². The molecule has 0 amide bonds. The Balaban J connectivity index is 1.60. The summed E-state index contributed by atoms with van der Waals surface area (Å²) in [6, 6.07) is 3.91. The average molecular weight is 294 g/mol. The zero-order valence-corrected chi connectivity index (χ0v) is 12.4. The second-order valence-electron chi connectivity index (χ2n) is 5.15. The van der Waals surface area contributed by atoms with Gasteiger partial charge in [0.15, 0.2) is 11.5 Å². The summed E-state index contributed by atoms with van der Waals surface area (Å²) in [5.41, 5.74) is 1.09. The van der Waals surface area contributed by atoms with Crippen LogP contribution in [0.5, 0.6) is 17.2 Å². The number of hydrogen-bond acceptors (Lipinski definition) is 6. The summed E-state index contributed by atoms with van der Waals surface area (Å²) in [4.78, 5) is 2.36. The summed E-state index contributed by atoms with van der Waals surface area (Å²) in [6.07, 6.45) is 0. The first kappa shape index (κ1) is 14.4. The van der Waals surface area contributed by atoms with E-state index in [4.69, 9.17) is 18.9 Å². The van der Waals surface area contributed by atoms with Crippen LogP contribution in [0.25, 0.3) is 0 Å². The molecule has 0 bridgehead atoms. The largest absolute Gasteiger partial charge is 0.492 e. The van der Waals surface area contributed by atoms with E-state index in [-0.39, 0.29) is 6.79 Å². The minimum absolute atomic E-state index is 0.283. The molecule has 0 atom stereocenters. The number of nitrogens with zero attached hydrogens (tertiary/aromatic N) is 1. The molecular formula is C15H22N2O4. The molecular weight excluding hydrogens is 272 g/mol. The monoisotopic (exact) mass is 294 g/mol. The van der Waals surface area contributed by atoms with Gasteiger partial charge in [0.2, 0.25) is 6.79 Å². The van der Waals surface area contributed by atoms with Gasteiger partial charge in [-0.25, -0.2) is 0 Å². The zero-order valence-electron chi connectivity index (χ0n) is 12.4. The van der Waals surface area contributed by atoms with E-state index in [1.165, 1.54) is 0 Å². The average Bonchev–Trinajstić information content (AvgIpc) is 2.96. The van der Waals surface area contributed by atoms with Crippen LogP contribution >= 0.6 is 0 Å². The van der Waals surface area contributed by atoms with Crippen molar-refractivity contribution in [2.24, 2.45) is 0 Å². The van der Waals surface area contributed by atoms with Gasteiger partial charge in [-0.2, -0.15) is 0 Å². The first-order chi connectivity index (χ1) is 10.4. The van der Waals surface area contributed by atoms with Crippen molar-refractivity contribution in [2.45, 2.75) is 6.54 Å². The summed E-state index contributed by atoms with van der Waals surface area (Å²) in [5, 5.41) is 3.15. The zero-order chi connectivity index (χ0) is 14.5. The molecule has 0 aromatic heterocycles. The Labute approximate surface area is 124 Å². The molecule has 0 aliphatic carbocycles. The molecule has 1 aromatic carbocycles. The molecule has 21 heavy (non-hydrogen) atoms. The highest BCUT2D eigenvalue weighted by atomic mass is 16.7. The third kappa shape index (κ3) is 3.58. The van der Waals surface area contributed by atoms with Crippen molar-refractivity contribution >= 4 is 0 Å². The molecule has 2 aliphatic rings. The van der Waals surface area contributed by atoms with Crippen LogP contribution in [0, 0.1) is 0 Å². The molecule has 6 heteroatoms. The second-order valence-corrected chi connectivity index (χ2v) is 5.15. The van der Waals surface area contributed by atoms with Gasteiger partial charge in [-0.3, -0.25) is 4.90 Å². The minimum Gasteiger partial charge on any atom is -0.492 e. The maximum Gasteiger partial charge on any atom is 0.231 e. The number of morpholine rings is 1. The Bertz CT molecular complexity index is 475. The topological polar surface area (TPSA) is 52.2 Å². The molecule has 116 valence electrons. The summed E-state index contributed by atoms with van der Waals surface area (Å²) in [6.45, 7) is 6.19. The normalized spacial score (nSPS) is 18.0. The summed E-state index contributed by atoms with van der Waals surface area (Å²) < 4.78 is 22.1. The van der Waals surface area contributed by atoms with Gasteiger partial charge >= 0.3 is 0 Å². The van der Waals surface area contributed by atoms with E-state index < -0.39 is 0 Å². The number of benzene rings is 1. The molecule has 6 nitrogen and oxygen atoms in total. The van der Waals surface area contributed by atoms with Gasteiger partial charge in [0, 0.05) is 37.8 Å². The van der Waals surface area contributed by atoms with Gasteiger partial charge in [0.25, 0.3) is 0 Å². The van der Waals surface area contributed by atoms with Crippen LogP contribution in [0.4, 0.5) is 0 Å². The van der Waals surface area contributed by atoms with E-state index in [1.54, 1.807) is 0 Å². The lowest BCUT2D eigenvalue weighted by Crippen LogP contribution is -2.38. The van der Waals surface area contributed by atoms with E-state index in [9.17, 15) is 0 Å². The Morgan fingerprint density at radius 2 is 1.95 bits per heavy atom. The standard InChI is InChI=1S/C15H22N2O4/c1-16-10-12-8-14-15(21-11-20-14)9-13(12)19-7-4-17-2-5-18-6-3-17/h8-9,16H,2-7,10-11H2,1H3. The van der Waals surface area contributed by atoms with Crippen LogP contribution in [0.15, 0.2) is 12.1 Å². The van der Waals surface area contributed by atoms with Gasteiger partial charge < -0.3 is 24.3 Å². The predicted octanol–water partition coefficient (Wildman–Crippen LogP) is 0.846. The van der Waals surface area contributed by atoms with Crippen molar-refractivity contribution in [3.63, 3.8) is 0 Å². The maximum absolute atomic E-state index is 5.96. The van der Waals surface area contributed by atoms with E-state index in [0.29, 0.717) is 6.61 Å². The third-order valence-corrected chi connectivity index (χ3v) is 3.69. The number of hydrogen-bond donors (Lipinski definition) is 1. The molecule has 1 saturated heterocycles. The molecule has 2 aliphatic heterocycles. The minimum atomic E-state index is 0.283. The SMILES string of the molecule is CNCc1cc2c(cc1OCCN1CCOCC1)OCO2. The summed E-state index contributed by atoms with van der Waals surface area (Å²) in [7, 11) is 1.92. The predicted molar refractivity (Wildman–Crippen MR) is 78.1 cm³/mol. The lowest BCUT2D eigenvalue weighted by molar-refractivity contribution is 0.0322. The van der Waals surface area contributed by atoms with Crippen molar-refractivity contribution in [2.75, 3.05) is 53.3 Å². The van der Waals surface area contributed by atoms with Gasteiger partial charge in [0.05, 0.1) is 13.2 Å². The molecule has 1 aromatic rings. The first-order valence-electron chi connectivity index (χ1n) is 7.37. The molecule has 2 heterocycles. The molecule has 3 rings (SSSR count).